The van der Waals surface area contributed by atoms with E-state index in [4.69, 9.17) is 9.47 Å². The first-order chi connectivity index (χ1) is 18.7. The summed E-state index contributed by atoms with van der Waals surface area (Å²) in [7, 11) is 0. The number of carbonyl (C=O) groups excluding carboxylic acids is 2. The van der Waals surface area contributed by atoms with Gasteiger partial charge in [0.1, 0.15) is 11.5 Å². The van der Waals surface area contributed by atoms with Crippen molar-refractivity contribution in [2.75, 3.05) is 0 Å². The lowest BCUT2D eigenvalue weighted by Gasteiger charge is -2.08. The molecule has 3 rings (SSSR count). The first kappa shape index (κ1) is 29.4. The molecule has 1 heterocycles. The van der Waals surface area contributed by atoms with Crippen LogP contribution in [-0.4, -0.2) is 11.9 Å². The van der Waals surface area contributed by atoms with Crippen LogP contribution in [0.3, 0.4) is 0 Å². The lowest BCUT2D eigenvalue weighted by Crippen LogP contribution is -2.08. The Hall–Kier alpha value is -3.14. The van der Waals surface area contributed by atoms with Gasteiger partial charge in [0, 0.05) is 24.0 Å². The van der Waals surface area contributed by atoms with Crippen LogP contribution < -0.4 is 9.47 Å². The van der Waals surface area contributed by atoms with E-state index in [2.05, 4.69) is 24.3 Å². The smallest absolute Gasteiger partial charge is 0.311 e. The van der Waals surface area contributed by atoms with Gasteiger partial charge in [0.05, 0.1) is 0 Å². The molecular weight excluding hydrogens is 472 g/mol. The van der Waals surface area contributed by atoms with Crippen molar-refractivity contribution >= 4 is 24.1 Å². The summed E-state index contributed by atoms with van der Waals surface area (Å²) < 4.78 is 11.4. The molecule has 0 fully saturated rings. The molecule has 2 aromatic rings. The van der Waals surface area contributed by atoms with Crippen molar-refractivity contribution in [3.05, 3.63) is 71.8 Å². The Bertz CT molecular complexity index is 953. The summed E-state index contributed by atoms with van der Waals surface area (Å²) in [5.74, 6) is 1.01. The summed E-state index contributed by atoms with van der Waals surface area (Å²) in [6, 6.07) is 15.5. The summed E-state index contributed by atoms with van der Waals surface area (Å²) in [5, 5.41) is 0. The molecule has 0 amide bonds. The van der Waals surface area contributed by atoms with Crippen molar-refractivity contribution in [1.29, 1.82) is 0 Å². The molecule has 0 N–H and O–H groups in total. The van der Waals surface area contributed by atoms with Crippen molar-refractivity contribution in [3.63, 3.8) is 0 Å². The number of benzene rings is 2. The zero-order valence-corrected chi connectivity index (χ0v) is 22.9. The highest BCUT2D eigenvalue weighted by Crippen LogP contribution is 2.23. The highest BCUT2D eigenvalue weighted by Gasteiger charge is 2.09. The average Bonchev–Trinajstić information content (AvgIpc) is 2.92. The quantitative estimate of drug-likeness (QED) is 0.258. The highest BCUT2D eigenvalue weighted by molar-refractivity contribution is 5.75. The number of allylic oxidation sites excluding steroid dienone is 2. The van der Waals surface area contributed by atoms with E-state index in [1.165, 1.54) is 25.7 Å². The normalized spacial score (nSPS) is 19.9. The lowest BCUT2D eigenvalue weighted by atomic mass is 10.1. The van der Waals surface area contributed by atoms with Gasteiger partial charge in [-0.25, -0.2) is 0 Å². The Kier molecular flexibility index (Phi) is 14.1. The van der Waals surface area contributed by atoms with Gasteiger partial charge in [-0.2, -0.15) is 0 Å². The zero-order chi connectivity index (χ0) is 26.7. The average molecular weight is 517 g/mol. The third-order valence-corrected chi connectivity index (χ3v) is 6.88. The first-order valence-electron chi connectivity index (χ1n) is 14.6. The predicted molar refractivity (Wildman–Crippen MR) is 156 cm³/mol. The molecule has 4 nitrogen and oxygen atoms in total. The van der Waals surface area contributed by atoms with Gasteiger partial charge in [0.2, 0.25) is 0 Å². The molecule has 204 valence electrons. The number of carbonyl (C=O) groups is 2. The Morgan fingerprint density at radius 3 is 1.26 bits per heavy atom. The Morgan fingerprint density at radius 1 is 0.447 bits per heavy atom. The molecule has 2 aromatic carbocycles. The van der Waals surface area contributed by atoms with Gasteiger partial charge in [-0.05, 0) is 50.7 Å². The summed E-state index contributed by atoms with van der Waals surface area (Å²) in [6.07, 6.45) is 24.4. The van der Waals surface area contributed by atoms with Crippen LogP contribution in [0.25, 0.3) is 12.2 Å². The minimum absolute atomic E-state index is 0.143. The van der Waals surface area contributed by atoms with E-state index in [1.54, 1.807) is 0 Å². The topological polar surface area (TPSA) is 52.6 Å². The van der Waals surface area contributed by atoms with Crippen LogP contribution in [0.4, 0.5) is 0 Å². The van der Waals surface area contributed by atoms with E-state index in [1.807, 2.05) is 48.5 Å². The van der Waals surface area contributed by atoms with Crippen molar-refractivity contribution in [2.45, 2.75) is 103 Å². The maximum Gasteiger partial charge on any atom is 0.311 e. The molecule has 0 unspecified atom stereocenters. The van der Waals surface area contributed by atoms with Crippen LogP contribution >= 0.6 is 0 Å². The van der Waals surface area contributed by atoms with Crippen LogP contribution in [0.15, 0.2) is 60.7 Å². The molecule has 1 aliphatic heterocycles. The van der Waals surface area contributed by atoms with Gasteiger partial charge < -0.3 is 9.47 Å². The van der Waals surface area contributed by atoms with Gasteiger partial charge in [0.25, 0.3) is 0 Å². The summed E-state index contributed by atoms with van der Waals surface area (Å²) in [4.78, 5) is 24.8. The third-order valence-electron chi connectivity index (χ3n) is 6.88. The molecule has 0 aromatic heterocycles. The van der Waals surface area contributed by atoms with E-state index in [0.29, 0.717) is 24.3 Å². The maximum absolute atomic E-state index is 12.4. The van der Waals surface area contributed by atoms with Crippen LogP contribution in [0.2, 0.25) is 0 Å². The van der Waals surface area contributed by atoms with Gasteiger partial charge in [0.15, 0.2) is 0 Å². The van der Waals surface area contributed by atoms with Crippen LogP contribution in [0.5, 0.6) is 11.5 Å². The van der Waals surface area contributed by atoms with Gasteiger partial charge >= 0.3 is 11.9 Å². The van der Waals surface area contributed by atoms with Crippen molar-refractivity contribution in [1.82, 2.24) is 0 Å². The second kappa shape index (κ2) is 18.2. The van der Waals surface area contributed by atoms with Gasteiger partial charge in [-0.1, -0.05) is 112 Å². The Morgan fingerprint density at radius 2 is 0.816 bits per heavy atom. The van der Waals surface area contributed by atoms with E-state index in [9.17, 15) is 9.59 Å². The molecule has 1 aliphatic rings. The predicted octanol–water partition coefficient (Wildman–Crippen LogP) is 9.48. The third kappa shape index (κ3) is 11.9. The second-order valence-electron chi connectivity index (χ2n) is 10.1. The number of para-hydroxylation sites is 2. The first-order valence-corrected chi connectivity index (χ1v) is 14.6. The second-order valence-corrected chi connectivity index (χ2v) is 10.1. The fraction of sp³-hybridized carbons (Fsp3) is 0.471. The van der Waals surface area contributed by atoms with Crippen molar-refractivity contribution < 1.29 is 19.1 Å². The molecule has 0 atom stereocenters. The minimum atomic E-state index is -0.143. The molecule has 0 aliphatic carbocycles. The zero-order valence-electron chi connectivity index (χ0n) is 22.9. The van der Waals surface area contributed by atoms with Gasteiger partial charge in [-0.3, -0.25) is 9.59 Å². The van der Waals surface area contributed by atoms with Crippen LogP contribution in [0.1, 0.15) is 114 Å². The number of fused-ring (bicyclic) bond motifs is 2. The molecule has 38 heavy (non-hydrogen) atoms. The minimum Gasteiger partial charge on any atom is -0.426 e. The highest BCUT2D eigenvalue weighted by atomic mass is 16.5. The van der Waals surface area contributed by atoms with E-state index >= 15 is 0 Å². The molecule has 0 saturated heterocycles. The van der Waals surface area contributed by atoms with Crippen LogP contribution in [-0.2, 0) is 9.59 Å². The molecular formula is C34H44O4. The standard InChI is InChI=1S/C34H44O4/c35-33-27-15-11-7-3-1-5-9-13-21-29-23-17-19-25-31(29)37-34(36)28-16-12-8-4-2-6-10-14-22-30-24-18-20-26-32(30)38-33/h13-14,17-26H,1-12,15-16,27-28H2/b21-13-,22-14-. The van der Waals surface area contributed by atoms with Crippen LogP contribution in [0, 0.1) is 0 Å². The van der Waals surface area contributed by atoms with E-state index in [0.717, 1.165) is 75.3 Å². The number of ether oxygens (including phenoxy) is 2. The maximum atomic E-state index is 12.4. The molecule has 0 bridgehead atoms. The molecule has 0 radical (unpaired) electrons. The summed E-state index contributed by atoms with van der Waals surface area (Å²) >= 11 is 0. The summed E-state index contributed by atoms with van der Waals surface area (Å²) in [5.41, 5.74) is 1.91. The number of esters is 2. The fourth-order valence-corrected chi connectivity index (χ4v) is 4.67. The summed E-state index contributed by atoms with van der Waals surface area (Å²) in [6.45, 7) is 0. The fourth-order valence-electron chi connectivity index (χ4n) is 4.67. The Balaban J connectivity index is 1.51. The van der Waals surface area contributed by atoms with E-state index in [-0.39, 0.29) is 11.9 Å². The molecule has 4 heteroatoms. The van der Waals surface area contributed by atoms with Gasteiger partial charge in [-0.15, -0.1) is 0 Å². The SMILES string of the molecule is O=C1CCCCCCCC/C=C\c2ccccc2OC(=O)CCCCCCCC/C=C\c2ccccc2O1. The van der Waals surface area contributed by atoms with Crippen molar-refractivity contribution in [2.24, 2.45) is 0 Å². The van der Waals surface area contributed by atoms with Crippen molar-refractivity contribution in [3.8, 4) is 11.5 Å². The number of hydrogen-bond donors (Lipinski definition) is 0. The lowest BCUT2D eigenvalue weighted by molar-refractivity contribution is -0.135. The molecule has 0 spiro atoms. The largest absolute Gasteiger partial charge is 0.426 e. The Labute approximate surface area is 229 Å². The molecule has 0 saturated carbocycles. The number of hydrogen-bond acceptors (Lipinski definition) is 4. The number of rotatable bonds is 0. The van der Waals surface area contributed by atoms with E-state index < -0.39 is 0 Å². The monoisotopic (exact) mass is 516 g/mol.